The minimum absolute atomic E-state index is 0.160. The first-order valence-corrected chi connectivity index (χ1v) is 9.51. The first-order chi connectivity index (χ1) is 13.6. The molecule has 3 aromatic carbocycles. The van der Waals surface area contributed by atoms with Gasteiger partial charge in [0.05, 0.1) is 5.69 Å². The molecule has 5 nitrogen and oxygen atoms in total. The number of benzene rings is 3. The van der Waals surface area contributed by atoms with Crippen LogP contribution in [0.3, 0.4) is 0 Å². The van der Waals surface area contributed by atoms with E-state index in [1.165, 1.54) is 10.7 Å². The maximum atomic E-state index is 12.6. The van der Waals surface area contributed by atoms with Crippen molar-refractivity contribution < 1.29 is 4.79 Å². The molecule has 6 heteroatoms. The molecule has 1 aromatic heterocycles. The van der Waals surface area contributed by atoms with E-state index in [0.717, 1.165) is 20.8 Å². The van der Waals surface area contributed by atoms with Crippen molar-refractivity contribution in [1.82, 2.24) is 9.78 Å². The molecule has 28 heavy (non-hydrogen) atoms. The third-order valence-corrected chi connectivity index (χ3v) is 4.89. The van der Waals surface area contributed by atoms with Crippen LogP contribution in [-0.2, 0) is 11.3 Å². The van der Waals surface area contributed by atoms with Crippen molar-refractivity contribution in [2.24, 2.45) is 0 Å². The lowest BCUT2D eigenvalue weighted by Gasteiger charge is -2.10. The second kappa shape index (κ2) is 7.78. The van der Waals surface area contributed by atoms with E-state index in [1.807, 2.05) is 66.7 Å². The molecule has 4 aromatic rings. The van der Waals surface area contributed by atoms with E-state index in [2.05, 4.69) is 26.3 Å². The molecule has 1 N–H and O–H groups in total. The van der Waals surface area contributed by atoms with Gasteiger partial charge >= 0.3 is 0 Å². The Morgan fingerprint density at radius 1 is 0.929 bits per heavy atom. The largest absolute Gasteiger partial charge is 0.324 e. The van der Waals surface area contributed by atoms with Gasteiger partial charge in [-0.3, -0.25) is 9.59 Å². The van der Waals surface area contributed by atoms with Crippen LogP contribution >= 0.6 is 15.9 Å². The van der Waals surface area contributed by atoms with E-state index >= 15 is 0 Å². The molecule has 138 valence electrons. The number of nitrogens with zero attached hydrogens (tertiary/aromatic N) is 2. The highest BCUT2D eigenvalue weighted by atomic mass is 79.9. The summed E-state index contributed by atoms with van der Waals surface area (Å²) in [6.45, 7) is -0.160. The van der Waals surface area contributed by atoms with Gasteiger partial charge in [-0.25, -0.2) is 4.68 Å². The highest BCUT2D eigenvalue weighted by molar-refractivity contribution is 9.10. The van der Waals surface area contributed by atoms with E-state index in [9.17, 15) is 9.59 Å². The van der Waals surface area contributed by atoms with E-state index in [1.54, 1.807) is 6.07 Å². The van der Waals surface area contributed by atoms with Gasteiger partial charge in [-0.15, -0.1) is 0 Å². The Morgan fingerprint density at radius 3 is 2.50 bits per heavy atom. The van der Waals surface area contributed by atoms with Crippen molar-refractivity contribution in [3.63, 3.8) is 0 Å². The van der Waals surface area contributed by atoms with Crippen LogP contribution in [-0.4, -0.2) is 15.7 Å². The third kappa shape index (κ3) is 3.87. The molecule has 0 radical (unpaired) electrons. The highest BCUT2D eigenvalue weighted by Crippen LogP contribution is 2.23. The van der Waals surface area contributed by atoms with Crippen molar-refractivity contribution in [3.05, 3.63) is 93.7 Å². The maximum absolute atomic E-state index is 12.6. The van der Waals surface area contributed by atoms with Crippen LogP contribution in [0.1, 0.15) is 0 Å². The van der Waals surface area contributed by atoms with Crippen LogP contribution in [0.2, 0.25) is 0 Å². The number of halogens is 1. The second-order valence-electron chi connectivity index (χ2n) is 6.30. The molecule has 0 aliphatic rings. The van der Waals surface area contributed by atoms with E-state index < -0.39 is 0 Å². The maximum Gasteiger partial charge on any atom is 0.267 e. The number of carbonyl (C=O) groups excluding carboxylic acids is 1. The smallest absolute Gasteiger partial charge is 0.267 e. The highest BCUT2D eigenvalue weighted by Gasteiger charge is 2.10. The SMILES string of the molecule is O=C(Cn1nc(-c2ccc(Br)cc2)ccc1=O)Nc1cccc2ccccc12. The second-order valence-corrected chi connectivity index (χ2v) is 7.21. The Hall–Kier alpha value is -3.25. The van der Waals surface area contributed by atoms with Crippen molar-refractivity contribution in [3.8, 4) is 11.3 Å². The first-order valence-electron chi connectivity index (χ1n) is 8.72. The molecule has 0 atom stereocenters. The zero-order chi connectivity index (χ0) is 19.5. The van der Waals surface area contributed by atoms with E-state index in [4.69, 9.17) is 0 Å². The van der Waals surface area contributed by atoms with Crippen LogP contribution in [0.25, 0.3) is 22.0 Å². The van der Waals surface area contributed by atoms with Gasteiger partial charge in [-0.1, -0.05) is 64.5 Å². The fourth-order valence-electron chi connectivity index (χ4n) is 3.00. The number of aromatic nitrogens is 2. The fraction of sp³-hybridized carbons (Fsp3) is 0.0455. The number of hydrogen-bond acceptors (Lipinski definition) is 3. The van der Waals surface area contributed by atoms with Crippen LogP contribution < -0.4 is 10.9 Å². The van der Waals surface area contributed by atoms with Gasteiger partial charge in [-0.2, -0.15) is 5.10 Å². The molecule has 0 spiro atoms. The summed E-state index contributed by atoms with van der Waals surface area (Å²) < 4.78 is 2.14. The zero-order valence-electron chi connectivity index (χ0n) is 14.8. The molecule has 1 heterocycles. The van der Waals surface area contributed by atoms with Gasteiger partial charge in [0.25, 0.3) is 5.56 Å². The minimum Gasteiger partial charge on any atom is -0.324 e. The van der Waals surface area contributed by atoms with Gasteiger partial charge in [0.1, 0.15) is 6.54 Å². The quantitative estimate of drug-likeness (QED) is 0.516. The summed E-state index contributed by atoms with van der Waals surface area (Å²) in [6, 6.07) is 24.2. The van der Waals surface area contributed by atoms with Crippen molar-refractivity contribution in [1.29, 1.82) is 0 Å². The summed E-state index contributed by atoms with van der Waals surface area (Å²) in [5, 5.41) is 9.21. The lowest BCUT2D eigenvalue weighted by atomic mass is 10.1. The molecule has 0 saturated carbocycles. The predicted molar refractivity (Wildman–Crippen MR) is 114 cm³/mol. The Morgan fingerprint density at radius 2 is 1.68 bits per heavy atom. The van der Waals surface area contributed by atoms with Crippen molar-refractivity contribution in [2.45, 2.75) is 6.54 Å². The summed E-state index contributed by atoms with van der Waals surface area (Å²) in [4.78, 5) is 24.7. The Balaban J connectivity index is 1.58. The number of rotatable bonds is 4. The summed E-state index contributed by atoms with van der Waals surface area (Å²) in [7, 11) is 0. The van der Waals surface area contributed by atoms with Crippen LogP contribution in [0.15, 0.2) is 88.1 Å². The summed E-state index contributed by atoms with van der Waals surface area (Å²) in [5.41, 5.74) is 1.88. The fourth-order valence-corrected chi connectivity index (χ4v) is 3.26. The Kier molecular flexibility index (Phi) is 5.04. The first kappa shape index (κ1) is 18.1. The molecule has 0 fully saturated rings. The molecule has 4 rings (SSSR count). The standard InChI is InChI=1S/C22H16BrN3O2/c23-17-10-8-16(9-11-17)19-12-13-22(28)26(25-19)14-21(27)24-20-7-3-5-15-4-1-2-6-18(15)20/h1-13H,14H2,(H,24,27). The third-order valence-electron chi connectivity index (χ3n) is 4.36. The number of amides is 1. The Bertz CT molecular complexity index is 1210. The average Bonchev–Trinajstić information content (AvgIpc) is 2.71. The molecular formula is C22H16BrN3O2. The lowest BCUT2D eigenvalue weighted by molar-refractivity contribution is -0.117. The Labute approximate surface area is 169 Å². The van der Waals surface area contributed by atoms with Crippen LogP contribution in [0.5, 0.6) is 0 Å². The monoisotopic (exact) mass is 433 g/mol. The molecular weight excluding hydrogens is 418 g/mol. The van der Waals surface area contributed by atoms with Gasteiger partial charge in [0, 0.05) is 27.2 Å². The number of carbonyl (C=O) groups is 1. The zero-order valence-corrected chi connectivity index (χ0v) is 16.4. The van der Waals surface area contributed by atoms with E-state index in [-0.39, 0.29) is 18.0 Å². The molecule has 0 saturated heterocycles. The number of anilines is 1. The molecule has 0 aliphatic carbocycles. The lowest BCUT2D eigenvalue weighted by Crippen LogP contribution is -2.29. The van der Waals surface area contributed by atoms with Gasteiger partial charge in [-0.05, 0) is 29.7 Å². The predicted octanol–water partition coefficient (Wildman–Crippen LogP) is 4.46. The van der Waals surface area contributed by atoms with Gasteiger partial charge < -0.3 is 5.32 Å². The summed E-state index contributed by atoms with van der Waals surface area (Å²) in [5.74, 6) is -0.307. The number of hydrogen-bond donors (Lipinski definition) is 1. The average molecular weight is 434 g/mol. The van der Waals surface area contributed by atoms with Gasteiger partial charge in [0.2, 0.25) is 5.91 Å². The summed E-state index contributed by atoms with van der Waals surface area (Å²) in [6.07, 6.45) is 0. The summed E-state index contributed by atoms with van der Waals surface area (Å²) >= 11 is 3.40. The topological polar surface area (TPSA) is 64.0 Å². The van der Waals surface area contributed by atoms with Gasteiger partial charge in [0.15, 0.2) is 0 Å². The number of nitrogens with one attached hydrogen (secondary N) is 1. The molecule has 0 aliphatic heterocycles. The van der Waals surface area contributed by atoms with Crippen molar-refractivity contribution in [2.75, 3.05) is 5.32 Å². The molecule has 0 bridgehead atoms. The van der Waals surface area contributed by atoms with Crippen LogP contribution in [0.4, 0.5) is 5.69 Å². The minimum atomic E-state index is -0.325. The van der Waals surface area contributed by atoms with E-state index in [0.29, 0.717) is 11.4 Å². The van der Waals surface area contributed by atoms with Crippen LogP contribution in [0, 0.1) is 0 Å². The molecule has 0 unspecified atom stereocenters. The van der Waals surface area contributed by atoms with Crippen molar-refractivity contribution >= 4 is 38.3 Å². The molecule has 1 amide bonds. The normalized spacial score (nSPS) is 10.8. The number of fused-ring (bicyclic) bond motifs is 1.